The van der Waals surface area contributed by atoms with Gasteiger partial charge in [-0.3, -0.25) is 0 Å². The van der Waals surface area contributed by atoms with Crippen LogP contribution in [-0.4, -0.2) is 28.9 Å². The van der Waals surface area contributed by atoms with Gasteiger partial charge in [0, 0.05) is 30.6 Å². The number of hydrogen-bond donors (Lipinski definition) is 0. The van der Waals surface area contributed by atoms with Crippen molar-refractivity contribution in [2.75, 3.05) is 11.9 Å². The van der Waals surface area contributed by atoms with Gasteiger partial charge in [0.1, 0.15) is 11.6 Å². The van der Waals surface area contributed by atoms with Crippen LogP contribution in [0.1, 0.15) is 17.1 Å². The molecule has 116 valence electrons. The highest BCUT2D eigenvalue weighted by Crippen LogP contribution is 2.19. The quantitative estimate of drug-likeness (QED) is 0.643. The van der Waals surface area contributed by atoms with Crippen molar-refractivity contribution in [3.63, 3.8) is 0 Å². The summed E-state index contributed by atoms with van der Waals surface area (Å²) in [6, 6.07) is 11.2. The van der Waals surface area contributed by atoms with Gasteiger partial charge in [0.25, 0.3) is 0 Å². The molecule has 0 bridgehead atoms. The van der Waals surface area contributed by atoms with Crippen LogP contribution in [0.4, 0.5) is 5.82 Å². The first-order valence-electron chi connectivity index (χ1n) is 7.16. The van der Waals surface area contributed by atoms with E-state index in [4.69, 9.17) is 4.74 Å². The summed E-state index contributed by atoms with van der Waals surface area (Å²) in [4.78, 5) is 26.6. The van der Waals surface area contributed by atoms with E-state index >= 15 is 0 Å². The van der Waals surface area contributed by atoms with Gasteiger partial charge in [0.05, 0.1) is 0 Å². The molecule has 0 atom stereocenters. The van der Waals surface area contributed by atoms with Gasteiger partial charge in [-0.15, -0.1) is 0 Å². The summed E-state index contributed by atoms with van der Waals surface area (Å²) in [5, 5.41) is 0. The molecule has 1 aliphatic heterocycles. The first kappa shape index (κ1) is 14.9. The molecule has 0 saturated heterocycles. The van der Waals surface area contributed by atoms with E-state index in [0.29, 0.717) is 17.5 Å². The number of aliphatic imine (C=N–C) groups is 1. The number of cyclic esters (lactones) is 1. The monoisotopic (exact) mass is 308 g/mol. The van der Waals surface area contributed by atoms with Gasteiger partial charge >= 0.3 is 5.97 Å². The van der Waals surface area contributed by atoms with Crippen LogP contribution in [0.5, 0.6) is 0 Å². The van der Waals surface area contributed by atoms with Crippen molar-refractivity contribution in [2.24, 2.45) is 4.99 Å². The first-order chi connectivity index (χ1) is 11.0. The number of carbonyl (C=O) groups excluding carboxylic acids is 1. The first-order valence-corrected chi connectivity index (χ1v) is 7.16. The van der Waals surface area contributed by atoms with Crippen LogP contribution in [0.3, 0.4) is 0 Å². The number of nitrogens with zero attached hydrogens (tertiary/aromatic N) is 4. The summed E-state index contributed by atoms with van der Waals surface area (Å²) >= 11 is 0. The Morgan fingerprint density at radius 3 is 2.57 bits per heavy atom. The van der Waals surface area contributed by atoms with Crippen molar-refractivity contribution in [2.45, 2.75) is 13.8 Å². The number of hydrogen-bond acceptors (Lipinski definition) is 6. The zero-order valence-electron chi connectivity index (χ0n) is 13.1. The predicted octanol–water partition coefficient (Wildman–Crippen LogP) is 2.37. The number of aryl methyl sites for hydroxylation is 2. The van der Waals surface area contributed by atoms with E-state index in [1.165, 1.54) is 0 Å². The van der Waals surface area contributed by atoms with E-state index in [1.807, 2.05) is 50.2 Å². The zero-order chi connectivity index (χ0) is 16.4. The fourth-order valence-electron chi connectivity index (χ4n) is 2.23. The van der Waals surface area contributed by atoms with Gasteiger partial charge in [-0.1, -0.05) is 18.2 Å². The minimum atomic E-state index is -0.474. The SMILES string of the molecule is Cc1cc(N(C)/C=C2\N=C(c3ccccc3)OC2=O)nc(C)n1. The second-order valence-corrected chi connectivity index (χ2v) is 5.21. The van der Waals surface area contributed by atoms with E-state index < -0.39 is 5.97 Å². The molecule has 6 nitrogen and oxygen atoms in total. The maximum atomic E-state index is 12.0. The lowest BCUT2D eigenvalue weighted by Crippen LogP contribution is -2.14. The third-order valence-corrected chi connectivity index (χ3v) is 3.27. The number of anilines is 1. The fourth-order valence-corrected chi connectivity index (χ4v) is 2.23. The molecule has 0 spiro atoms. The maximum absolute atomic E-state index is 12.0. The molecule has 0 N–H and O–H groups in total. The molecule has 0 unspecified atom stereocenters. The minimum absolute atomic E-state index is 0.236. The highest BCUT2D eigenvalue weighted by molar-refractivity contribution is 6.11. The summed E-state index contributed by atoms with van der Waals surface area (Å²) in [7, 11) is 1.80. The molecule has 1 aromatic heterocycles. The number of esters is 1. The lowest BCUT2D eigenvalue weighted by Gasteiger charge is -2.13. The van der Waals surface area contributed by atoms with Crippen LogP contribution in [-0.2, 0) is 9.53 Å². The number of aromatic nitrogens is 2. The van der Waals surface area contributed by atoms with E-state index in [-0.39, 0.29) is 5.70 Å². The second kappa shape index (κ2) is 6.00. The molecule has 1 aliphatic rings. The smallest absolute Gasteiger partial charge is 0.365 e. The normalized spacial score (nSPS) is 15.5. The zero-order valence-corrected chi connectivity index (χ0v) is 13.1. The van der Waals surface area contributed by atoms with E-state index in [1.54, 1.807) is 18.1 Å². The Hall–Kier alpha value is -3.02. The Labute approximate surface area is 134 Å². The molecule has 1 aromatic carbocycles. The molecule has 3 rings (SSSR count). The molecule has 0 amide bonds. The van der Waals surface area contributed by atoms with Crippen molar-refractivity contribution in [3.8, 4) is 0 Å². The Morgan fingerprint density at radius 2 is 1.87 bits per heavy atom. The molecule has 0 radical (unpaired) electrons. The molecular weight excluding hydrogens is 292 g/mol. The maximum Gasteiger partial charge on any atom is 0.365 e. The van der Waals surface area contributed by atoms with Crippen molar-refractivity contribution >= 4 is 17.7 Å². The predicted molar refractivity (Wildman–Crippen MR) is 87.1 cm³/mol. The van der Waals surface area contributed by atoms with E-state index in [2.05, 4.69) is 15.0 Å². The van der Waals surface area contributed by atoms with Crippen LogP contribution < -0.4 is 4.90 Å². The molecule has 0 aliphatic carbocycles. The number of benzene rings is 1. The Balaban J connectivity index is 1.89. The molecule has 6 heteroatoms. The van der Waals surface area contributed by atoms with Crippen LogP contribution in [0.2, 0.25) is 0 Å². The summed E-state index contributed by atoms with van der Waals surface area (Å²) in [5.74, 6) is 1.20. The van der Waals surface area contributed by atoms with Crippen LogP contribution in [0.25, 0.3) is 0 Å². The Morgan fingerprint density at radius 1 is 1.13 bits per heavy atom. The van der Waals surface area contributed by atoms with Crippen LogP contribution in [0.15, 0.2) is 53.3 Å². The molecule has 2 heterocycles. The average Bonchev–Trinajstić information content (AvgIpc) is 2.88. The van der Waals surface area contributed by atoms with Crippen molar-refractivity contribution in [3.05, 3.63) is 65.4 Å². The Bertz CT molecular complexity index is 792. The highest BCUT2D eigenvalue weighted by Gasteiger charge is 2.24. The van der Waals surface area contributed by atoms with Crippen molar-refractivity contribution in [1.29, 1.82) is 0 Å². The fraction of sp³-hybridized carbons (Fsp3) is 0.176. The van der Waals surface area contributed by atoms with Gasteiger partial charge in [-0.2, -0.15) is 0 Å². The summed E-state index contributed by atoms with van der Waals surface area (Å²) in [6.07, 6.45) is 1.61. The van der Waals surface area contributed by atoms with E-state index in [9.17, 15) is 4.79 Å². The van der Waals surface area contributed by atoms with Crippen LogP contribution in [0, 0.1) is 13.8 Å². The lowest BCUT2D eigenvalue weighted by molar-refractivity contribution is -0.130. The van der Waals surface area contributed by atoms with Gasteiger partial charge < -0.3 is 9.64 Å². The third-order valence-electron chi connectivity index (χ3n) is 3.27. The van der Waals surface area contributed by atoms with E-state index in [0.717, 1.165) is 11.3 Å². The van der Waals surface area contributed by atoms with Gasteiger partial charge in [-0.25, -0.2) is 19.8 Å². The average molecular weight is 308 g/mol. The molecular formula is C17H16N4O2. The Kier molecular flexibility index (Phi) is 3.89. The molecule has 2 aromatic rings. The standard InChI is InChI=1S/C17H16N4O2/c1-11-9-15(19-12(2)18-11)21(3)10-14-17(22)23-16(20-14)13-7-5-4-6-8-13/h4-10H,1-3H3/b14-10-. The molecule has 0 fully saturated rings. The number of ether oxygens (including phenoxy) is 1. The minimum Gasteiger partial charge on any atom is -0.402 e. The largest absolute Gasteiger partial charge is 0.402 e. The third kappa shape index (κ3) is 3.26. The van der Waals surface area contributed by atoms with Crippen molar-refractivity contribution < 1.29 is 9.53 Å². The second-order valence-electron chi connectivity index (χ2n) is 5.21. The summed E-state index contributed by atoms with van der Waals surface area (Å²) in [5.41, 5.74) is 1.86. The molecule has 23 heavy (non-hydrogen) atoms. The number of rotatable bonds is 3. The summed E-state index contributed by atoms with van der Waals surface area (Å²) in [6.45, 7) is 3.72. The summed E-state index contributed by atoms with van der Waals surface area (Å²) < 4.78 is 5.23. The van der Waals surface area contributed by atoms with Gasteiger partial charge in [0.15, 0.2) is 5.70 Å². The lowest BCUT2D eigenvalue weighted by atomic mass is 10.2. The van der Waals surface area contributed by atoms with Crippen LogP contribution >= 0.6 is 0 Å². The van der Waals surface area contributed by atoms with Crippen molar-refractivity contribution in [1.82, 2.24) is 9.97 Å². The number of carbonyl (C=O) groups is 1. The topological polar surface area (TPSA) is 67.7 Å². The van der Waals surface area contributed by atoms with Gasteiger partial charge in [0.2, 0.25) is 5.90 Å². The molecule has 0 saturated carbocycles. The highest BCUT2D eigenvalue weighted by atomic mass is 16.6. The van der Waals surface area contributed by atoms with Gasteiger partial charge in [-0.05, 0) is 26.0 Å².